The zero-order valence-corrected chi connectivity index (χ0v) is 20.5. The summed E-state index contributed by atoms with van der Waals surface area (Å²) in [4.78, 5) is 36.2. The second-order valence-corrected chi connectivity index (χ2v) is 7.90. The van der Waals surface area contributed by atoms with Gasteiger partial charge >= 0.3 is 12.1 Å². The van der Waals surface area contributed by atoms with Gasteiger partial charge in [-0.05, 0) is 54.4 Å². The number of aliphatic carboxylic acids is 1. The number of aromatic nitrogens is 2. The van der Waals surface area contributed by atoms with Crippen molar-refractivity contribution in [3.63, 3.8) is 0 Å². The number of likely N-dealkylation sites (N-methyl/N-ethyl adjacent to an activating group) is 1. The normalized spacial score (nSPS) is 11.3. The topological polar surface area (TPSA) is 114 Å². The molecule has 10 nitrogen and oxygen atoms in total. The van der Waals surface area contributed by atoms with Crippen LogP contribution in [0, 0.1) is 0 Å². The molecule has 0 fully saturated rings. The van der Waals surface area contributed by atoms with Crippen molar-refractivity contribution < 1.29 is 28.9 Å². The Morgan fingerprint density at radius 1 is 0.972 bits per heavy atom. The molecular weight excluding hydrogens is 464 g/mol. The molecule has 1 amide bonds. The van der Waals surface area contributed by atoms with Crippen molar-refractivity contribution in [1.29, 1.82) is 0 Å². The number of hydrogen-bond donors (Lipinski definition) is 1. The molecule has 0 saturated carbocycles. The second-order valence-electron chi connectivity index (χ2n) is 7.90. The maximum atomic E-state index is 12.9. The van der Waals surface area contributed by atoms with Crippen molar-refractivity contribution in [3.05, 3.63) is 72.6 Å². The quantitative estimate of drug-likeness (QED) is 0.401. The van der Waals surface area contributed by atoms with Crippen LogP contribution in [0.25, 0.3) is 0 Å². The Hall–Kier alpha value is -4.34. The summed E-state index contributed by atoms with van der Waals surface area (Å²) < 4.78 is 16.4. The molecule has 0 aliphatic rings. The van der Waals surface area contributed by atoms with E-state index in [2.05, 4.69) is 9.97 Å². The zero-order valence-electron chi connectivity index (χ0n) is 20.5. The minimum atomic E-state index is -1.10. The van der Waals surface area contributed by atoms with Gasteiger partial charge in [-0.1, -0.05) is 19.1 Å². The van der Waals surface area contributed by atoms with Crippen LogP contribution in [0.3, 0.4) is 0 Å². The third-order valence-electron chi connectivity index (χ3n) is 5.41. The fraction of sp³-hybridized carbons (Fsp3) is 0.308. The van der Waals surface area contributed by atoms with Crippen molar-refractivity contribution in [2.45, 2.75) is 25.9 Å². The first-order chi connectivity index (χ1) is 17.4. The number of carbonyl (C=O) groups is 2. The molecule has 3 aromatic rings. The first-order valence-corrected chi connectivity index (χ1v) is 11.5. The van der Waals surface area contributed by atoms with E-state index in [0.717, 1.165) is 5.56 Å². The molecule has 10 heteroatoms. The first-order valence-electron chi connectivity index (χ1n) is 11.5. The molecule has 0 saturated heterocycles. The highest BCUT2D eigenvalue weighted by atomic mass is 16.6. The molecule has 0 aliphatic carbocycles. The molecule has 1 heterocycles. The van der Waals surface area contributed by atoms with Crippen LogP contribution in [0.2, 0.25) is 0 Å². The van der Waals surface area contributed by atoms with Gasteiger partial charge in [0.1, 0.15) is 29.9 Å². The molecule has 3 rings (SSSR count). The van der Waals surface area contributed by atoms with Gasteiger partial charge in [-0.3, -0.25) is 4.90 Å². The standard InChI is InChI=1S/C26H30N4O6/c1-4-23(24(31)32)30(26(33)36-22-12-10-20(34-3)11-13-22)18-19-6-8-21(9-7-19)35-17-16-29(2)25-27-14-5-15-28-25/h5-15,23H,4,16-18H2,1-3H3,(H,31,32). The number of hydrogen-bond acceptors (Lipinski definition) is 8. The highest BCUT2D eigenvalue weighted by Crippen LogP contribution is 2.21. The van der Waals surface area contributed by atoms with Gasteiger partial charge in [-0.2, -0.15) is 0 Å². The Morgan fingerprint density at radius 3 is 2.17 bits per heavy atom. The van der Waals surface area contributed by atoms with E-state index in [4.69, 9.17) is 14.2 Å². The maximum Gasteiger partial charge on any atom is 0.416 e. The van der Waals surface area contributed by atoms with Gasteiger partial charge in [-0.25, -0.2) is 19.6 Å². The third-order valence-corrected chi connectivity index (χ3v) is 5.41. The monoisotopic (exact) mass is 494 g/mol. The van der Waals surface area contributed by atoms with Crippen molar-refractivity contribution in [3.8, 4) is 17.2 Å². The molecule has 1 unspecified atom stereocenters. The summed E-state index contributed by atoms with van der Waals surface area (Å²) in [5.74, 6) is 1.07. The predicted octanol–water partition coefficient (Wildman–Crippen LogP) is 3.86. The van der Waals surface area contributed by atoms with Crippen LogP contribution in [0.4, 0.5) is 10.7 Å². The second kappa shape index (κ2) is 12.9. The third kappa shape index (κ3) is 7.33. The number of amides is 1. The number of carboxylic acids is 1. The molecule has 2 aromatic carbocycles. The van der Waals surface area contributed by atoms with Crippen molar-refractivity contribution in [1.82, 2.24) is 14.9 Å². The van der Waals surface area contributed by atoms with Gasteiger partial charge in [0.05, 0.1) is 13.7 Å². The van der Waals surface area contributed by atoms with Crippen LogP contribution >= 0.6 is 0 Å². The van der Waals surface area contributed by atoms with Crippen molar-refractivity contribution in [2.75, 3.05) is 32.2 Å². The van der Waals surface area contributed by atoms with E-state index in [9.17, 15) is 14.7 Å². The van der Waals surface area contributed by atoms with Gasteiger partial charge in [0, 0.05) is 26.0 Å². The fourth-order valence-electron chi connectivity index (χ4n) is 3.41. The lowest BCUT2D eigenvalue weighted by atomic mass is 10.1. The smallest absolute Gasteiger partial charge is 0.416 e. The summed E-state index contributed by atoms with van der Waals surface area (Å²) in [6.45, 7) is 2.79. The van der Waals surface area contributed by atoms with E-state index in [1.54, 1.807) is 73.9 Å². The van der Waals surface area contributed by atoms with E-state index >= 15 is 0 Å². The average Bonchev–Trinajstić information content (AvgIpc) is 2.90. The summed E-state index contributed by atoms with van der Waals surface area (Å²) >= 11 is 0. The van der Waals surface area contributed by atoms with Crippen LogP contribution in [-0.4, -0.2) is 65.4 Å². The van der Waals surface area contributed by atoms with Crippen LogP contribution in [-0.2, 0) is 11.3 Å². The summed E-state index contributed by atoms with van der Waals surface area (Å²) in [7, 11) is 3.42. The number of rotatable bonds is 12. The summed E-state index contributed by atoms with van der Waals surface area (Å²) in [5, 5.41) is 9.67. The van der Waals surface area contributed by atoms with Gasteiger partial charge in [0.15, 0.2) is 0 Å². The van der Waals surface area contributed by atoms with E-state index in [1.165, 1.54) is 12.0 Å². The summed E-state index contributed by atoms with van der Waals surface area (Å²) in [6.07, 6.45) is 2.84. The SMILES string of the molecule is CCC(C(=O)O)N(Cc1ccc(OCCN(C)c2ncccn2)cc1)C(=O)Oc1ccc(OC)cc1. The van der Waals surface area contributed by atoms with Gasteiger partial charge < -0.3 is 24.2 Å². The van der Waals surface area contributed by atoms with E-state index in [0.29, 0.717) is 36.3 Å². The number of carbonyl (C=O) groups excluding carboxylic acids is 1. The molecule has 190 valence electrons. The molecular formula is C26H30N4O6. The van der Waals surface area contributed by atoms with Gasteiger partial charge in [0.2, 0.25) is 5.95 Å². The zero-order chi connectivity index (χ0) is 25.9. The highest BCUT2D eigenvalue weighted by Gasteiger charge is 2.30. The van der Waals surface area contributed by atoms with Gasteiger partial charge in [-0.15, -0.1) is 0 Å². The number of nitrogens with zero attached hydrogens (tertiary/aromatic N) is 4. The minimum Gasteiger partial charge on any atom is -0.497 e. The summed E-state index contributed by atoms with van der Waals surface area (Å²) in [6, 6.07) is 14.4. The average molecular weight is 495 g/mol. The molecule has 36 heavy (non-hydrogen) atoms. The van der Waals surface area contributed by atoms with Gasteiger partial charge in [0.25, 0.3) is 0 Å². The number of anilines is 1. The lowest BCUT2D eigenvalue weighted by molar-refractivity contribution is -0.142. The maximum absolute atomic E-state index is 12.9. The lowest BCUT2D eigenvalue weighted by Gasteiger charge is -2.27. The van der Waals surface area contributed by atoms with Crippen molar-refractivity contribution in [2.24, 2.45) is 0 Å². The van der Waals surface area contributed by atoms with Crippen LogP contribution < -0.4 is 19.1 Å². The van der Waals surface area contributed by atoms with Crippen LogP contribution in [0.1, 0.15) is 18.9 Å². The first kappa shape index (κ1) is 26.3. The van der Waals surface area contributed by atoms with E-state index < -0.39 is 18.1 Å². The predicted molar refractivity (Wildman–Crippen MR) is 134 cm³/mol. The van der Waals surface area contributed by atoms with Crippen LogP contribution in [0.15, 0.2) is 67.0 Å². The molecule has 0 spiro atoms. The van der Waals surface area contributed by atoms with E-state index in [-0.39, 0.29) is 13.0 Å². The Balaban J connectivity index is 1.62. The Morgan fingerprint density at radius 2 is 1.58 bits per heavy atom. The van der Waals surface area contributed by atoms with Crippen LogP contribution in [0.5, 0.6) is 17.2 Å². The molecule has 0 bridgehead atoms. The Kier molecular flexibility index (Phi) is 9.44. The fourth-order valence-corrected chi connectivity index (χ4v) is 3.41. The van der Waals surface area contributed by atoms with Crippen molar-refractivity contribution >= 4 is 18.0 Å². The molecule has 1 atom stereocenters. The Labute approximate surface area is 210 Å². The summed E-state index contributed by atoms with van der Waals surface area (Å²) in [5.41, 5.74) is 0.739. The largest absolute Gasteiger partial charge is 0.497 e. The van der Waals surface area contributed by atoms with E-state index in [1.807, 2.05) is 11.9 Å². The Bertz CT molecular complexity index is 1110. The number of benzene rings is 2. The lowest BCUT2D eigenvalue weighted by Crippen LogP contribution is -2.45. The molecule has 0 aliphatic heterocycles. The molecule has 1 N–H and O–H groups in total. The highest BCUT2D eigenvalue weighted by molar-refractivity contribution is 5.81. The number of carboxylic acid groups (broad SMARTS) is 1. The molecule has 0 radical (unpaired) electrons. The molecule has 1 aromatic heterocycles. The minimum absolute atomic E-state index is 0.0636. The number of methoxy groups -OCH3 is 1. The number of ether oxygens (including phenoxy) is 3.